The van der Waals surface area contributed by atoms with Gasteiger partial charge in [0.05, 0.1) is 0 Å². The Hall–Kier alpha value is -3.87. The van der Waals surface area contributed by atoms with Crippen LogP contribution in [0.1, 0.15) is 11.6 Å². The summed E-state index contributed by atoms with van der Waals surface area (Å²) in [6.07, 6.45) is 3.55. The summed E-state index contributed by atoms with van der Waals surface area (Å²) in [6.45, 7) is 0. The number of hydrogen-bond acceptors (Lipinski definition) is 4. The number of benzene rings is 2. The van der Waals surface area contributed by atoms with Crippen molar-refractivity contribution in [3.8, 4) is 11.4 Å². The van der Waals surface area contributed by atoms with Crippen LogP contribution in [0.3, 0.4) is 0 Å². The van der Waals surface area contributed by atoms with Gasteiger partial charge in [-0.05, 0) is 12.1 Å². The molecule has 3 N–H and O–H groups in total. The minimum atomic E-state index is -1.03. The molecule has 0 radical (unpaired) electrons. The molecule has 0 saturated carbocycles. The van der Waals surface area contributed by atoms with Crippen molar-refractivity contribution < 1.29 is 9.90 Å². The number of hydrogen-bond donors (Lipinski definition) is 3. The van der Waals surface area contributed by atoms with E-state index in [0.29, 0.717) is 11.8 Å². The highest BCUT2D eigenvalue weighted by atomic mass is 16.4. The topological polar surface area (TPSA) is 95.8 Å². The SMILES string of the molecule is O=C(O)C1=C[C@H](c2c[nH]c3ccccc23)n2nc(-c3ccccc3)nc2N1. The summed E-state index contributed by atoms with van der Waals surface area (Å²) in [5.74, 6) is -0.0811. The second-order valence-corrected chi connectivity index (χ2v) is 6.31. The maximum Gasteiger partial charge on any atom is 0.352 e. The first-order valence-corrected chi connectivity index (χ1v) is 8.51. The van der Waals surface area contributed by atoms with Crippen molar-refractivity contribution in [1.29, 1.82) is 0 Å². The molecule has 0 saturated heterocycles. The number of nitrogens with zero attached hydrogens (tertiary/aromatic N) is 3. The molecule has 0 unspecified atom stereocenters. The van der Waals surface area contributed by atoms with E-state index in [2.05, 4.69) is 20.4 Å². The first-order valence-electron chi connectivity index (χ1n) is 8.51. The fraction of sp³-hybridized carbons (Fsp3) is 0.0500. The summed E-state index contributed by atoms with van der Waals surface area (Å²) >= 11 is 0. The van der Waals surface area contributed by atoms with Gasteiger partial charge in [-0.2, -0.15) is 4.98 Å². The molecule has 7 heteroatoms. The molecule has 0 aliphatic carbocycles. The summed E-state index contributed by atoms with van der Waals surface area (Å²) in [5, 5.41) is 18.1. The fourth-order valence-corrected chi connectivity index (χ4v) is 3.39. The van der Waals surface area contributed by atoms with Crippen LogP contribution in [0.15, 0.2) is 72.6 Å². The molecule has 7 nitrogen and oxygen atoms in total. The van der Waals surface area contributed by atoms with Gasteiger partial charge in [0.15, 0.2) is 5.82 Å². The minimum absolute atomic E-state index is 0.0878. The first-order chi connectivity index (χ1) is 13.2. The van der Waals surface area contributed by atoms with Crippen LogP contribution < -0.4 is 5.32 Å². The standard InChI is InChI=1S/C20H15N5O2/c26-19(27)16-10-17(14-11-21-15-9-5-4-8-13(14)15)25-20(22-16)23-18(24-25)12-6-2-1-3-7-12/h1-11,17,21H,(H,26,27)(H,22,23,24)/t17-/m1/s1. The third kappa shape index (κ3) is 2.48. The van der Waals surface area contributed by atoms with Gasteiger partial charge in [-0.1, -0.05) is 48.5 Å². The number of H-pyrrole nitrogens is 1. The number of para-hydroxylation sites is 1. The average Bonchev–Trinajstić information content (AvgIpc) is 3.32. The molecule has 1 aliphatic heterocycles. The number of aliphatic carboxylic acids is 1. The number of rotatable bonds is 3. The van der Waals surface area contributed by atoms with Crippen molar-refractivity contribution in [2.45, 2.75) is 6.04 Å². The van der Waals surface area contributed by atoms with Gasteiger partial charge in [0, 0.05) is 28.2 Å². The number of aromatic amines is 1. The maximum atomic E-state index is 11.6. The second-order valence-electron chi connectivity index (χ2n) is 6.31. The molecule has 27 heavy (non-hydrogen) atoms. The van der Waals surface area contributed by atoms with Crippen molar-refractivity contribution in [3.63, 3.8) is 0 Å². The molecular weight excluding hydrogens is 342 g/mol. The van der Waals surface area contributed by atoms with Crippen molar-refractivity contribution in [2.24, 2.45) is 0 Å². The Balaban J connectivity index is 1.69. The second kappa shape index (κ2) is 5.84. The zero-order valence-electron chi connectivity index (χ0n) is 14.1. The van der Waals surface area contributed by atoms with E-state index >= 15 is 0 Å². The van der Waals surface area contributed by atoms with Gasteiger partial charge in [0.2, 0.25) is 5.95 Å². The summed E-state index contributed by atoms with van der Waals surface area (Å²) in [5.41, 5.74) is 2.89. The Bertz CT molecular complexity index is 1190. The van der Waals surface area contributed by atoms with Gasteiger partial charge in [-0.3, -0.25) is 0 Å². The molecule has 4 aromatic rings. The molecule has 3 heterocycles. The van der Waals surface area contributed by atoms with Gasteiger partial charge in [-0.25, -0.2) is 9.48 Å². The smallest absolute Gasteiger partial charge is 0.352 e. The van der Waals surface area contributed by atoms with Gasteiger partial charge >= 0.3 is 5.97 Å². The van der Waals surface area contributed by atoms with Crippen molar-refractivity contribution in [2.75, 3.05) is 5.32 Å². The van der Waals surface area contributed by atoms with Crippen molar-refractivity contribution in [1.82, 2.24) is 19.7 Å². The molecule has 0 amide bonds. The molecule has 5 rings (SSSR count). The van der Waals surface area contributed by atoms with Crippen LogP contribution in [0, 0.1) is 0 Å². The quantitative estimate of drug-likeness (QED) is 0.522. The Kier molecular flexibility index (Phi) is 3.33. The van der Waals surface area contributed by atoms with Gasteiger partial charge in [0.25, 0.3) is 0 Å². The van der Waals surface area contributed by atoms with E-state index in [0.717, 1.165) is 22.0 Å². The summed E-state index contributed by atoms with van der Waals surface area (Å²) in [6, 6.07) is 17.1. The highest BCUT2D eigenvalue weighted by molar-refractivity contribution is 5.91. The molecule has 0 bridgehead atoms. The van der Waals surface area contributed by atoms with Crippen LogP contribution in [0.2, 0.25) is 0 Å². The summed E-state index contributed by atoms with van der Waals surface area (Å²) < 4.78 is 1.73. The molecule has 0 spiro atoms. The molecule has 2 aromatic carbocycles. The Morgan fingerprint density at radius 2 is 1.85 bits per heavy atom. The predicted octanol–water partition coefficient (Wildman–Crippen LogP) is 3.41. The van der Waals surface area contributed by atoms with Crippen LogP contribution in [0.25, 0.3) is 22.3 Å². The lowest BCUT2D eigenvalue weighted by atomic mass is 10.0. The number of aromatic nitrogens is 4. The zero-order chi connectivity index (χ0) is 18.4. The van der Waals surface area contributed by atoms with Crippen molar-refractivity contribution in [3.05, 3.63) is 78.1 Å². The largest absolute Gasteiger partial charge is 0.477 e. The van der Waals surface area contributed by atoms with Gasteiger partial charge in [-0.15, -0.1) is 5.10 Å². The Morgan fingerprint density at radius 3 is 2.67 bits per heavy atom. The normalized spacial score (nSPS) is 15.9. The average molecular weight is 357 g/mol. The van der Waals surface area contributed by atoms with E-state index in [1.807, 2.05) is 60.8 Å². The van der Waals surface area contributed by atoms with E-state index < -0.39 is 5.97 Å². The molecule has 2 aromatic heterocycles. The molecule has 1 aliphatic rings. The number of anilines is 1. The number of carboxylic acids is 1. The Labute approximate surface area is 154 Å². The van der Waals surface area contributed by atoms with Crippen LogP contribution in [0.4, 0.5) is 5.95 Å². The lowest BCUT2D eigenvalue weighted by molar-refractivity contribution is -0.132. The third-order valence-corrected chi connectivity index (χ3v) is 4.67. The van der Waals surface area contributed by atoms with Crippen LogP contribution in [0.5, 0.6) is 0 Å². The Morgan fingerprint density at radius 1 is 1.07 bits per heavy atom. The maximum absolute atomic E-state index is 11.6. The molecule has 0 fully saturated rings. The predicted molar refractivity (Wildman–Crippen MR) is 101 cm³/mol. The molecule has 132 valence electrons. The van der Waals surface area contributed by atoms with E-state index in [-0.39, 0.29) is 11.7 Å². The van der Waals surface area contributed by atoms with Gasteiger partial charge < -0.3 is 15.4 Å². The van der Waals surface area contributed by atoms with Gasteiger partial charge in [0.1, 0.15) is 11.7 Å². The fourth-order valence-electron chi connectivity index (χ4n) is 3.39. The van der Waals surface area contributed by atoms with E-state index in [1.165, 1.54) is 0 Å². The minimum Gasteiger partial charge on any atom is -0.477 e. The highest BCUT2D eigenvalue weighted by Crippen LogP contribution is 2.34. The third-order valence-electron chi connectivity index (χ3n) is 4.67. The van der Waals surface area contributed by atoms with E-state index in [9.17, 15) is 9.90 Å². The highest BCUT2D eigenvalue weighted by Gasteiger charge is 2.28. The molecule has 1 atom stereocenters. The zero-order valence-corrected chi connectivity index (χ0v) is 14.1. The number of carboxylic acid groups (broad SMARTS) is 1. The first kappa shape index (κ1) is 15.4. The van der Waals surface area contributed by atoms with E-state index in [4.69, 9.17) is 0 Å². The van der Waals surface area contributed by atoms with Crippen LogP contribution in [-0.4, -0.2) is 30.8 Å². The molecular formula is C20H15N5O2. The lowest BCUT2D eigenvalue weighted by Crippen LogP contribution is -2.24. The van der Waals surface area contributed by atoms with E-state index in [1.54, 1.807) is 10.8 Å². The van der Waals surface area contributed by atoms with Crippen molar-refractivity contribution >= 4 is 22.8 Å². The van der Waals surface area contributed by atoms with Crippen LogP contribution in [-0.2, 0) is 4.79 Å². The van der Waals surface area contributed by atoms with Crippen LogP contribution >= 0.6 is 0 Å². The number of fused-ring (bicyclic) bond motifs is 2. The number of carbonyl (C=O) groups is 1. The summed E-state index contributed by atoms with van der Waals surface area (Å²) in [4.78, 5) is 19.4. The number of nitrogens with one attached hydrogen (secondary N) is 2. The number of allylic oxidation sites excluding steroid dienone is 1. The summed E-state index contributed by atoms with van der Waals surface area (Å²) in [7, 11) is 0. The lowest BCUT2D eigenvalue weighted by Gasteiger charge is -2.21. The monoisotopic (exact) mass is 357 g/mol.